The van der Waals surface area contributed by atoms with Crippen molar-refractivity contribution in [2.45, 2.75) is 33.1 Å². The number of nitrogens with two attached hydrogens (primary N) is 1. The molecule has 1 unspecified atom stereocenters. The highest BCUT2D eigenvalue weighted by molar-refractivity contribution is 6.02. The summed E-state index contributed by atoms with van der Waals surface area (Å²) in [6.45, 7) is 6.95. The average molecular weight is 406 g/mol. The summed E-state index contributed by atoms with van der Waals surface area (Å²) in [4.78, 5) is 27.5. The molecule has 2 aromatic heterocycles. The van der Waals surface area contributed by atoms with Crippen LogP contribution in [0, 0.1) is 12.8 Å². The number of nitrogen functional groups attached to an aromatic ring is 1. The Morgan fingerprint density at radius 3 is 2.63 bits per heavy atom. The molecule has 1 amide bonds. The Morgan fingerprint density at radius 2 is 1.97 bits per heavy atom. The van der Waals surface area contributed by atoms with Crippen molar-refractivity contribution < 1.29 is 9.59 Å². The number of nitrogens with zero attached hydrogens (tertiary/aromatic N) is 4. The molecule has 0 aliphatic carbocycles. The number of nitrogens with one attached hydrogen (secondary N) is 1. The molecule has 4 rings (SSSR count). The van der Waals surface area contributed by atoms with Gasteiger partial charge in [0, 0.05) is 24.7 Å². The Bertz CT molecular complexity index is 1080. The molecule has 1 aliphatic rings. The number of ketones is 1. The molecule has 0 bridgehead atoms. The lowest BCUT2D eigenvalue weighted by atomic mass is 9.98. The monoisotopic (exact) mass is 406 g/mol. The first-order valence-corrected chi connectivity index (χ1v) is 10.1. The number of aryl methyl sites for hydroxylation is 1. The standard InChI is InChI=1S/C22H26N6O2/c1-13(2)18-10-19(26-25-18)22(30)27-9-8-15(12-27)20(29)17-11-24-28(21(17)23)16-6-4-14(3)5-7-16/h4-7,10-11,13,15H,8-9,12,23H2,1-3H3,(H,25,26). The summed E-state index contributed by atoms with van der Waals surface area (Å²) in [5, 5.41) is 11.3. The normalized spacial score (nSPS) is 16.4. The Balaban J connectivity index is 1.47. The van der Waals surface area contributed by atoms with Crippen molar-refractivity contribution in [3.05, 3.63) is 59.0 Å². The van der Waals surface area contributed by atoms with Gasteiger partial charge in [-0.1, -0.05) is 31.5 Å². The smallest absolute Gasteiger partial charge is 0.274 e. The van der Waals surface area contributed by atoms with Crippen LogP contribution in [0.15, 0.2) is 36.5 Å². The number of benzene rings is 1. The maximum atomic E-state index is 13.1. The van der Waals surface area contributed by atoms with Gasteiger partial charge in [-0.25, -0.2) is 4.68 Å². The van der Waals surface area contributed by atoms with Crippen molar-refractivity contribution in [1.29, 1.82) is 0 Å². The van der Waals surface area contributed by atoms with Crippen LogP contribution in [0.3, 0.4) is 0 Å². The van der Waals surface area contributed by atoms with Gasteiger partial charge in [0.15, 0.2) is 5.78 Å². The molecule has 0 saturated carbocycles. The van der Waals surface area contributed by atoms with Crippen molar-refractivity contribution in [2.24, 2.45) is 5.92 Å². The van der Waals surface area contributed by atoms with Gasteiger partial charge in [-0.15, -0.1) is 0 Å². The molecule has 1 fully saturated rings. The SMILES string of the molecule is Cc1ccc(-n2ncc(C(=O)C3CCN(C(=O)c4cc(C(C)C)[nH]n4)C3)c2N)cc1. The predicted molar refractivity (Wildman–Crippen MR) is 114 cm³/mol. The van der Waals surface area contributed by atoms with E-state index in [4.69, 9.17) is 5.73 Å². The molecule has 1 aliphatic heterocycles. The topological polar surface area (TPSA) is 110 Å². The molecule has 1 saturated heterocycles. The molecule has 0 spiro atoms. The first-order valence-electron chi connectivity index (χ1n) is 10.1. The zero-order chi connectivity index (χ0) is 21.4. The van der Waals surface area contributed by atoms with Gasteiger partial charge >= 0.3 is 0 Å². The lowest BCUT2D eigenvalue weighted by Crippen LogP contribution is -2.30. The number of aromatic amines is 1. The van der Waals surface area contributed by atoms with Crippen molar-refractivity contribution in [1.82, 2.24) is 24.9 Å². The van der Waals surface area contributed by atoms with E-state index in [0.717, 1.165) is 16.9 Å². The van der Waals surface area contributed by atoms with Crippen LogP contribution in [-0.4, -0.2) is 49.7 Å². The Kier molecular flexibility index (Phi) is 5.15. The van der Waals surface area contributed by atoms with Crippen LogP contribution in [0.1, 0.15) is 58.3 Å². The van der Waals surface area contributed by atoms with E-state index >= 15 is 0 Å². The molecule has 0 radical (unpaired) electrons. The van der Waals surface area contributed by atoms with Gasteiger partial charge < -0.3 is 10.6 Å². The number of hydrogen-bond acceptors (Lipinski definition) is 5. The second-order valence-corrected chi connectivity index (χ2v) is 8.16. The first-order chi connectivity index (χ1) is 14.3. The fourth-order valence-electron chi connectivity index (χ4n) is 3.72. The number of Topliss-reactive ketones (excluding diaryl/α,β-unsaturated/α-hetero) is 1. The van der Waals surface area contributed by atoms with Crippen LogP contribution in [0.4, 0.5) is 5.82 Å². The minimum absolute atomic E-state index is 0.0777. The summed E-state index contributed by atoms with van der Waals surface area (Å²) >= 11 is 0. The van der Waals surface area contributed by atoms with E-state index in [1.165, 1.54) is 6.20 Å². The Morgan fingerprint density at radius 1 is 1.23 bits per heavy atom. The van der Waals surface area contributed by atoms with Crippen LogP contribution in [0.25, 0.3) is 5.69 Å². The Labute approximate surface area is 175 Å². The molecule has 30 heavy (non-hydrogen) atoms. The van der Waals surface area contributed by atoms with Gasteiger partial charge in [0.05, 0.1) is 17.4 Å². The number of carbonyl (C=O) groups excluding carboxylic acids is 2. The van der Waals surface area contributed by atoms with E-state index in [1.54, 1.807) is 15.6 Å². The van der Waals surface area contributed by atoms with E-state index in [1.807, 2.05) is 45.0 Å². The maximum Gasteiger partial charge on any atom is 0.274 e. The molecular formula is C22H26N6O2. The average Bonchev–Trinajstić information content (AvgIpc) is 3.47. The third-order valence-electron chi connectivity index (χ3n) is 5.64. The van der Waals surface area contributed by atoms with Crippen LogP contribution < -0.4 is 5.73 Å². The number of likely N-dealkylation sites (tertiary alicyclic amines) is 1. The van der Waals surface area contributed by atoms with E-state index in [2.05, 4.69) is 15.3 Å². The molecule has 3 N–H and O–H groups in total. The fraction of sp³-hybridized carbons (Fsp3) is 0.364. The van der Waals surface area contributed by atoms with E-state index < -0.39 is 0 Å². The van der Waals surface area contributed by atoms with Gasteiger partial charge in [0.25, 0.3) is 5.91 Å². The molecule has 3 aromatic rings. The highest BCUT2D eigenvalue weighted by Gasteiger charge is 2.34. The van der Waals surface area contributed by atoms with Gasteiger partial charge in [0.2, 0.25) is 0 Å². The van der Waals surface area contributed by atoms with Crippen LogP contribution in [-0.2, 0) is 0 Å². The van der Waals surface area contributed by atoms with E-state index in [-0.39, 0.29) is 23.5 Å². The maximum absolute atomic E-state index is 13.1. The summed E-state index contributed by atoms with van der Waals surface area (Å²) in [6.07, 6.45) is 2.12. The summed E-state index contributed by atoms with van der Waals surface area (Å²) in [6, 6.07) is 9.55. The lowest BCUT2D eigenvalue weighted by molar-refractivity contribution is 0.0775. The molecular weight excluding hydrogens is 380 g/mol. The number of anilines is 1. The highest BCUT2D eigenvalue weighted by atomic mass is 16.2. The number of amides is 1. The Hall–Kier alpha value is -3.42. The number of aromatic nitrogens is 4. The second-order valence-electron chi connectivity index (χ2n) is 8.16. The molecule has 1 atom stereocenters. The summed E-state index contributed by atoms with van der Waals surface area (Å²) in [5.74, 6) is 0.0563. The van der Waals surface area contributed by atoms with Crippen molar-refractivity contribution in [3.63, 3.8) is 0 Å². The van der Waals surface area contributed by atoms with Gasteiger partial charge in [-0.05, 0) is 37.5 Å². The third-order valence-corrected chi connectivity index (χ3v) is 5.64. The lowest BCUT2D eigenvalue weighted by Gasteiger charge is -2.14. The zero-order valence-electron chi connectivity index (χ0n) is 17.4. The summed E-state index contributed by atoms with van der Waals surface area (Å²) in [5.41, 5.74) is 9.89. The molecule has 8 nitrogen and oxygen atoms in total. The second kappa shape index (κ2) is 7.78. The summed E-state index contributed by atoms with van der Waals surface area (Å²) < 4.78 is 1.57. The van der Waals surface area contributed by atoms with Crippen molar-refractivity contribution >= 4 is 17.5 Å². The van der Waals surface area contributed by atoms with Gasteiger partial charge in [-0.3, -0.25) is 14.7 Å². The quantitative estimate of drug-likeness (QED) is 0.633. The first kappa shape index (κ1) is 19.9. The van der Waals surface area contributed by atoms with Crippen LogP contribution in [0.2, 0.25) is 0 Å². The van der Waals surface area contributed by atoms with Crippen LogP contribution in [0.5, 0.6) is 0 Å². The van der Waals surface area contributed by atoms with Gasteiger partial charge in [0.1, 0.15) is 11.5 Å². The fourth-order valence-corrected chi connectivity index (χ4v) is 3.72. The summed E-state index contributed by atoms with van der Waals surface area (Å²) in [7, 11) is 0. The van der Waals surface area contributed by atoms with Gasteiger partial charge in [-0.2, -0.15) is 10.2 Å². The number of rotatable bonds is 5. The number of H-pyrrole nitrogens is 1. The largest absolute Gasteiger partial charge is 0.383 e. The van der Waals surface area contributed by atoms with Crippen molar-refractivity contribution in [3.8, 4) is 5.69 Å². The molecule has 1 aromatic carbocycles. The van der Waals surface area contributed by atoms with E-state index in [0.29, 0.717) is 36.6 Å². The number of hydrogen-bond donors (Lipinski definition) is 2. The minimum Gasteiger partial charge on any atom is -0.383 e. The molecule has 8 heteroatoms. The third kappa shape index (κ3) is 3.60. The predicted octanol–water partition coefficient (Wildman–Crippen LogP) is 2.95. The number of carbonyl (C=O) groups is 2. The highest BCUT2D eigenvalue weighted by Crippen LogP contribution is 2.26. The zero-order valence-corrected chi connectivity index (χ0v) is 17.4. The molecule has 3 heterocycles. The minimum atomic E-state index is -0.296. The van der Waals surface area contributed by atoms with E-state index in [9.17, 15) is 9.59 Å². The molecule has 156 valence electrons. The van der Waals surface area contributed by atoms with Crippen molar-refractivity contribution in [2.75, 3.05) is 18.8 Å². The van der Waals surface area contributed by atoms with Crippen LogP contribution >= 0.6 is 0 Å².